The Hall–Kier alpha value is -0.980. The molecule has 19 heavy (non-hydrogen) atoms. The second kappa shape index (κ2) is 5.98. The third-order valence-electron chi connectivity index (χ3n) is 2.81. The standard InChI is InChI=1S/C12H17ClN2O3S/c1-18-12-8-10(4-5-11(12)13)15-19(16,17)7-6-14-9-2-3-9/h4-5,8-9,14-15H,2-3,6-7H2,1H3. The van der Waals surface area contributed by atoms with E-state index in [0.717, 1.165) is 12.8 Å². The molecule has 1 fully saturated rings. The van der Waals surface area contributed by atoms with Crippen molar-refractivity contribution < 1.29 is 13.2 Å². The number of benzene rings is 1. The van der Waals surface area contributed by atoms with Crippen LogP contribution in [0.1, 0.15) is 12.8 Å². The molecule has 1 aliphatic carbocycles. The molecule has 7 heteroatoms. The van der Waals surface area contributed by atoms with Crippen LogP contribution >= 0.6 is 11.6 Å². The van der Waals surface area contributed by atoms with Crippen LogP contribution in [-0.4, -0.2) is 33.9 Å². The summed E-state index contributed by atoms with van der Waals surface area (Å²) in [5.74, 6) is 0.493. The third-order valence-corrected chi connectivity index (χ3v) is 4.41. The lowest BCUT2D eigenvalue weighted by Gasteiger charge is -2.10. The van der Waals surface area contributed by atoms with E-state index in [1.807, 2.05) is 0 Å². The number of sulfonamides is 1. The summed E-state index contributed by atoms with van der Waals surface area (Å²) in [6.07, 6.45) is 2.28. The molecule has 0 spiro atoms. The van der Waals surface area contributed by atoms with E-state index in [0.29, 0.717) is 29.0 Å². The Morgan fingerprint density at radius 1 is 1.42 bits per heavy atom. The molecule has 5 nitrogen and oxygen atoms in total. The molecule has 0 amide bonds. The van der Waals surface area contributed by atoms with Gasteiger partial charge in [0.2, 0.25) is 10.0 Å². The molecule has 2 rings (SSSR count). The Morgan fingerprint density at radius 3 is 2.79 bits per heavy atom. The van der Waals surface area contributed by atoms with E-state index < -0.39 is 10.0 Å². The minimum atomic E-state index is -3.35. The molecular weight excluding hydrogens is 288 g/mol. The van der Waals surface area contributed by atoms with Crippen LogP contribution in [0.25, 0.3) is 0 Å². The summed E-state index contributed by atoms with van der Waals surface area (Å²) in [6.45, 7) is 0.463. The number of anilines is 1. The highest BCUT2D eigenvalue weighted by Crippen LogP contribution is 2.27. The van der Waals surface area contributed by atoms with Crippen LogP contribution in [0.3, 0.4) is 0 Å². The first-order chi connectivity index (χ1) is 9.00. The number of rotatable bonds is 7. The van der Waals surface area contributed by atoms with Crippen LogP contribution in [0.4, 0.5) is 5.69 Å². The largest absolute Gasteiger partial charge is 0.495 e. The number of methoxy groups -OCH3 is 1. The Morgan fingerprint density at radius 2 is 2.16 bits per heavy atom. The van der Waals surface area contributed by atoms with Crippen molar-refractivity contribution >= 4 is 27.3 Å². The lowest BCUT2D eigenvalue weighted by Crippen LogP contribution is -2.28. The van der Waals surface area contributed by atoms with E-state index >= 15 is 0 Å². The van der Waals surface area contributed by atoms with Crippen LogP contribution in [0.5, 0.6) is 5.75 Å². The maximum absolute atomic E-state index is 11.9. The van der Waals surface area contributed by atoms with Crippen molar-refractivity contribution in [3.8, 4) is 5.75 Å². The van der Waals surface area contributed by atoms with Gasteiger partial charge in [-0.3, -0.25) is 4.72 Å². The molecule has 0 unspecified atom stereocenters. The summed E-state index contributed by atoms with van der Waals surface area (Å²) >= 11 is 5.88. The molecule has 0 aromatic heterocycles. The van der Waals surface area contributed by atoms with Gasteiger partial charge in [0.25, 0.3) is 0 Å². The van der Waals surface area contributed by atoms with Gasteiger partial charge in [-0.1, -0.05) is 11.6 Å². The minimum absolute atomic E-state index is 0.0500. The maximum atomic E-state index is 11.9. The topological polar surface area (TPSA) is 67.4 Å². The third kappa shape index (κ3) is 4.56. The molecule has 0 heterocycles. The van der Waals surface area contributed by atoms with Gasteiger partial charge in [0.15, 0.2) is 0 Å². The predicted molar refractivity (Wildman–Crippen MR) is 76.4 cm³/mol. The molecular formula is C12H17ClN2O3S. The fourth-order valence-corrected chi connectivity index (χ4v) is 2.81. The van der Waals surface area contributed by atoms with E-state index in [-0.39, 0.29) is 5.75 Å². The summed E-state index contributed by atoms with van der Waals surface area (Å²) in [5, 5.41) is 3.61. The van der Waals surface area contributed by atoms with Gasteiger partial charge in [-0.2, -0.15) is 0 Å². The first-order valence-electron chi connectivity index (χ1n) is 6.07. The predicted octanol–water partition coefficient (Wildman–Crippen LogP) is 1.84. The zero-order valence-corrected chi connectivity index (χ0v) is 12.2. The summed E-state index contributed by atoms with van der Waals surface area (Å²) in [6, 6.07) is 5.27. The Kier molecular flexibility index (Phi) is 4.54. The highest BCUT2D eigenvalue weighted by molar-refractivity contribution is 7.92. The summed E-state index contributed by atoms with van der Waals surface area (Å²) in [4.78, 5) is 0. The molecule has 2 N–H and O–H groups in total. The van der Waals surface area contributed by atoms with Crippen LogP contribution in [0.2, 0.25) is 5.02 Å². The Labute approximate surface area is 118 Å². The molecule has 1 saturated carbocycles. The lowest BCUT2D eigenvalue weighted by molar-refractivity contribution is 0.415. The summed E-state index contributed by atoms with van der Waals surface area (Å²) < 4.78 is 31.3. The Bertz CT molecular complexity index is 544. The molecule has 1 aromatic carbocycles. The molecule has 1 aliphatic rings. The van der Waals surface area contributed by atoms with E-state index in [1.165, 1.54) is 7.11 Å². The summed E-state index contributed by atoms with van der Waals surface area (Å²) in [7, 11) is -1.87. The van der Waals surface area contributed by atoms with Crippen molar-refractivity contribution in [2.75, 3.05) is 24.1 Å². The fourth-order valence-electron chi connectivity index (χ4n) is 1.64. The zero-order valence-electron chi connectivity index (χ0n) is 10.6. The van der Waals surface area contributed by atoms with Gasteiger partial charge in [0, 0.05) is 18.7 Å². The van der Waals surface area contributed by atoms with E-state index in [2.05, 4.69) is 10.0 Å². The van der Waals surface area contributed by atoms with Crippen molar-refractivity contribution in [1.29, 1.82) is 0 Å². The van der Waals surface area contributed by atoms with Gasteiger partial charge in [-0.25, -0.2) is 8.42 Å². The van der Waals surface area contributed by atoms with Gasteiger partial charge in [0.05, 0.1) is 23.6 Å². The maximum Gasteiger partial charge on any atom is 0.233 e. The molecule has 106 valence electrons. The smallest absolute Gasteiger partial charge is 0.233 e. The lowest BCUT2D eigenvalue weighted by atomic mass is 10.3. The molecule has 0 aliphatic heterocycles. The van der Waals surface area contributed by atoms with Gasteiger partial charge in [0.1, 0.15) is 5.75 Å². The normalized spacial score (nSPS) is 15.3. The van der Waals surface area contributed by atoms with Crippen LogP contribution in [0.15, 0.2) is 18.2 Å². The first-order valence-corrected chi connectivity index (χ1v) is 8.10. The second-order valence-corrected chi connectivity index (χ2v) is 6.75. The minimum Gasteiger partial charge on any atom is -0.495 e. The van der Waals surface area contributed by atoms with E-state index in [1.54, 1.807) is 18.2 Å². The van der Waals surface area contributed by atoms with Crippen molar-refractivity contribution in [2.45, 2.75) is 18.9 Å². The summed E-state index contributed by atoms with van der Waals surface area (Å²) in [5.41, 5.74) is 0.452. The number of ether oxygens (including phenoxy) is 1. The van der Waals surface area contributed by atoms with Crippen LogP contribution in [0, 0.1) is 0 Å². The first kappa shape index (κ1) is 14.4. The number of nitrogens with one attached hydrogen (secondary N) is 2. The zero-order chi connectivity index (χ0) is 13.9. The SMILES string of the molecule is COc1cc(NS(=O)(=O)CCNC2CC2)ccc1Cl. The molecule has 0 saturated heterocycles. The van der Waals surface area contributed by atoms with E-state index in [4.69, 9.17) is 16.3 Å². The highest BCUT2D eigenvalue weighted by atomic mass is 35.5. The van der Waals surface area contributed by atoms with Crippen LogP contribution in [-0.2, 0) is 10.0 Å². The van der Waals surface area contributed by atoms with Crippen LogP contribution < -0.4 is 14.8 Å². The average molecular weight is 305 g/mol. The average Bonchev–Trinajstić information content (AvgIpc) is 3.15. The molecule has 0 radical (unpaired) electrons. The highest BCUT2D eigenvalue weighted by Gasteiger charge is 2.21. The number of hydrogen-bond acceptors (Lipinski definition) is 4. The number of halogens is 1. The molecule has 1 aromatic rings. The van der Waals surface area contributed by atoms with Crippen molar-refractivity contribution in [1.82, 2.24) is 5.32 Å². The van der Waals surface area contributed by atoms with Gasteiger partial charge in [-0.05, 0) is 25.0 Å². The van der Waals surface area contributed by atoms with Crippen molar-refractivity contribution in [3.63, 3.8) is 0 Å². The number of hydrogen-bond donors (Lipinski definition) is 2. The molecule has 0 atom stereocenters. The van der Waals surface area contributed by atoms with E-state index in [9.17, 15) is 8.42 Å². The Balaban J connectivity index is 1.94. The van der Waals surface area contributed by atoms with Crippen molar-refractivity contribution in [2.24, 2.45) is 0 Å². The van der Waals surface area contributed by atoms with Gasteiger partial charge < -0.3 is 10.1 Å². The van der Waals surface area contributed by atoms with Gasteiger partial charge in [-0.15, -0.1) is 0 Å². The van der Waals surface area contributed by atoms with Crippen molar-refractivity contribution in [3.05, 3.63) is 23.2 Å². The monoisotopic (exact) mass is 304 g/mol. The quantitative estimate of drug-likeness (QED) is 0.806. The van der Waals surface area contributed by atoms with Gasteiger partial charge >= 0.3 is 0 Å². The second-order valence-electron chi connectivity index (χ2n) is 4.50. The fraction of sp³-hybridized carbons (Fsp3) is 0.500. The molecule has 0 bridgehead atoms.